The standard InChI is InChI=1S/C20H19N5O3S/c1-25-14-7-5-4-6-13(14)18(24-25)19(26)21-20-23-22-17(29-20)11-12-8-9-15(27-2)16(10-12)28-3/h4-10H,11H2,1-3H3,(H,21,23,26). The monoisotopic (exact) mass is 409 g/mol. The lowest BCUT2D eigenvalue weighted by Crippen LogP contribution is -2.13. The zero-order chi connectivity index (χ0) is 20.4. The average Bonchev–Trinajstić information content (AvgIpc) is 3.32. The molecule has 0 radical (unpaired) electrons. The minimum atomic E-state index is -0.310. The first kappa shape index (κ1) is 18.9. The summed E-state index contributed by atoms with van der Waals surface area (Å²) in [5.41, 5.74) is 2.26. The third-order valence-corrected chi connectivity index (χ3v) is 5.30. The minimum absolute atomic E-state index is 0.310. The van der Waals surface area contributed by atoms with Gasteiger partial charge in [-0.3, -0.25) is 14.8 Å². The number of carbonyl (C=O) groups excluding carboxylic acids is 1. The molecule has 29 heavy (non-hydrogen) atoms. The Bertz CT molecular complexity index is 1180. The van der Waals surface area contributed by atoms with E-state index < -0.39 is 0 Å². The quantitative estimate of drug-likeness (QED) is 0.525. The van der Waals surface area contributed by atoms with E-state index in [4.69, 9.17) is 9.47 Å². The summed E-state index contributed by atoms with van der Waals surface area (Å²) in [5.74, 6) is 1.02. The normalized spacial score (nSPS) is 10.9. The fourth-order valence-corrected chi connectivity index (χ4v) is 3.85. The second-order valence-electron chi connectivity index (χ2n) is 6.31. The number of nitrogens with zero attached hydrogens (tertiary/aromatic N) is 4. The van der Waals surface area contributed by atoms with Gasteiger partial charge in [0.1, 0.15) is 5.01 Å². The number of methoxy groups -OCH3 is 2. The van der Waals surface area contributed by atoms with Gasteiger partial charge in [-0.05, 0) is 23.8 Å². The van der Waals surface area contributed by atoms with Crippen LogP contribution < -0.4 is 14.8 Å². The highest BCUT2D eigenvalue weighted by Gasteiger charge is 2.18. The number of aryl methyl sites for hydroxylation is 1. The van der Waals surface area contributed by atoms with Crippen LogP contribution in [0.4, 0.5) is 5.13 Å². The molecule has 0 saturated heterocycles. The van der Waals surface area contributed by atoms with Crippen LogP contribution in [0.5, 0.6) is 11.5 Å². The maximum Gasteiger partial charge on any atom is 0.278 e. The van der Waals surface area contributed by atoms with Gasteiger partial charge >= 0.3 is 0 Å². The molecule has 0 unspecified atom stereocenters. The van der Waals surface area contributed by atoms with Crippen LogP contribution in [-0.2, 0) is 13.5 Å². The number of benzene rings is 2. The van der Waals surface area contributed by atoms with Crippen molar-refractivity contribution in [3.63, 3.8) is 0 Å². The first-order valence-corrected chi connectivity index (χ1v) is 9.67. The molecule has 4 aromatic rings. The lowest BCUT2D eigenvalue weighted by atomic mass is 10.1. The zero-order valence-electron chi connectivity index (χ0n) is 16.2. The van der Waals surface area contributed by atoms with Crippen molar-refractivity contribution in [2.45, 2.75) is 6.42 Å². The number of aromatic nitrogens is 4. The average molecular weight is 409 g/mol. The summed E-state index contributed by atoms with van der Waals surface area (Å²) >= 11 is 1.33. The van der Waals surface area contributed by atoms with Gasteiger partial charge in [-0.1, -0.05) is 35.6 Å². The van der Waals surface area contributed by atoms with Gasteiger partial charge in [0.05, 0.1) is 19.7 Å². The van der Waals surface area contributed by atoms with Gasteiger partial charge < -0.3 is 9.47 Å². The van der Waals surface area contributed by atoms with Crippen LogP contribution in [0.25, 0.3) is 10.9 Å². The molecule has 8 nitrogen and oxygen atoms in total. The van der Waals surface area contributed by atoms with Crippen LogP contribution in [0.2, 0.25) is 0 Å². The molecule has 9 heteroatoms. The first-order valence-electron chi connectivity index (χ1n) is 8.85. The summed E-state index contributed by atoms with van der Waals surface area (Å²) in [6.45, 7) is 0. The molecule has 148 valence electrons. The van der Waals surface area contributed by atoms with Gasteiger partial charge in [-0.15, -0.1) is 10.2 Å². The van der Waals surface area contributed by atoms with E-state index in [1.807, 2.05) is 49.5 Å². The number of ether oxygens (including phenoxy) is 2. The number of carbonyl (C=O) groups is 1. The van der Waals surface area contributed by atoms with E-state index in [9.17, 15) is 4.79 Å². The number of hydrogen-bond acceptors (Lipinski definition) is 7. The van der Waals surface area contributed by atoms with Gasteiger partial charge in [0, 0.05) is 18.9 Å². The van der Waals surface area contributed by atoms with E-state index in [0.717, 1.165) is 21.5 Å². The Morgan fingerprint density at radius 2 is 1.90 bits per heavy atom. The van der Waals surface area contributed by atoms with Gasteiger partial charge in [0.15, 0.2) is 17.2 Å². The molecule has 0 aliphatic rings. The highest BCUT2D eigenvalue weighted by atomic mass is 32.1. The number of anilines is 1. The van der Waals surface area contributed by atoms with Crippen molar-refractivity contribution in [3.8, 4) is 11.5 Å². The van der Waals surface area contributed by atoms with Crippen LogP contribution in [0.3, 0.4) is 0 Å². The van der Waals surface area contributed by atoms with Crippen molar-refractivity contribution in [2.24, 2.45) is 7.05 Å². The summed E-state index contributed by atoms with van der Waals surface area (Å²) in [7, 11) is 5.01. The third kappa shape index (κ3) is 3.77. The molecule has 2 aromatic carbocycles. The minimum Gasteiger partial charge on any atom is -0.493 e. The molecule has 1 N–H and O–H groups in total. The van der Waals surface area contributed by atoms with E-state index in [1.165, 1.54) is 11.3 Å². The van der Waals surface area contributed by atoms with Crippen molar-refractivity contribution < 1.29 is 14.3 Å². The van der Waals surface area contributed by atoms with Gasteiger partial charge in [-0.25, -0.2) is 0 Å². The zero-order valence-corrected chi connectivity index (χ0v) is 17.0. The molecule has 0 fully saturated rings. The number of nitrogens with one attached hydrogen (secondary N) is 1. The number of fused-ring (bicyclic) bond motifs is 1. The number of rotatable bonds is 6. The van der Waals surface area contributed by atoms with Crippen LogP contribution in [0.1, 0.15) is 21.1 Å². The topological polar surface area (TPSA) is 91.2 Å². The first-order chi connectivity index (χ1) is 14.1. The van der Waals surface area contributed by atoms with Crippen LogP contribution in [-0.4, -0.2) is 40.1 Å². The molecular weight excluding hydrogens is 390 g/mol. The Morgan fingerprint density at radius 1 is 1.10 bits per heavy atom. The van der Waals surface area contributed by atoms with Crippen molar-refractivity contribution in [2.75, 3.05) is 19.5 Å². The summed E-state index contributed by atoms with van der Waals surface area (Å²) in [6.07, 6.45) is 0.570. The Labute approximate surface area is 171 Å². The molecule has 2 aromatic heterocycles. The van der Waals surface area contributed by atoms with E-state index in [2.05, 4.69) is 20.6 Å². The van der Waals surface area contributed by atoms with Crippen molar-refractivity contribution in [3.05, 3.63) is 58.7 Å². The fourth-order valence-electron chi connectivity index (χ4n) is 3.08. The third-order valence-electron chi connectivity index (χ3n) is 4.46. The Balaban J connectivity index is 1.50. The fraction of sp³-hybridized carbons (Fsp3) is 0.200. The predicted molar refractivity (Wildman–Crippen MR) is 111 cm³/mol. The van der Waals surface area contributed by atoms with Gasteiger partial charge in [-0.2, -0.15) is 5.10 Å². The van der Waals surface area contributed by atoms with E-state index in [0.29, 0.717) is 28.7 Å². The molecule has 1 amide bonds. The number of hydrogen-bond donors (Lipinski definition) is 1. The number of para-hydroxylation sites is 1. The molecule has 0 spiro atoms. The van der Waals surface area contributed by atoms with Crippen LogP contribution in [0.15, 0.2) is 42.5 Å². The number of amides is 1. The second kappa shape index (κ2) is 7.88. The van der Waals surface area contributed by atoms with Crippen LogP contribution in [0, 0.1) is 0 Å². The van der Waals surface area contributed by atoms with E-state index >= 15 is 0 Å². The molecule has 0 bridgehead atoms. The highest BCUT2D eigenvalue weighted by Crippen LogP contribution is 2.29. The Kier molecular flexibility index (Phi) is 5.13. The summed E-state index contributed by atoms with van der Waals surface area (Å²) in [4.78, 5) is 12.7. The van der Waals surface area contributed by atoms with E-state index in [1.54, 1.807) is 18.9 Å². The SMILES string of the molecule is COc1ccc(Cc2nnc(NC(=O)c3nn(C)c4ccccc34)s2)cc1OC. The van der Waals surface area contributed by atoms with Crippen molar-refractivity contribution in [1.29, 1.82) is 0 Å². The highest BCUT2D eigenvalue weighted by molar-refractivity contribution is 7.15. The maximum absolute atomic E-state index is 12.7. The van der Waals surface area contributed by atoms with Crippen LogP contribution >= 0.6 is 11.3 Å². The Morgan fingerprint density at radius 3 is 2.69 bits per heavy atom. The molecular formula is C20H19N5O3S. The smallest absolute Gasteiger partial charge is 0.278 e. The maximum atomic E-state index is 12.7. The molecule has 0 aliphatic carbocycles. The second-order valence-corrected chi connectivity index (χ2v) is 7.37. The summed E-state index contributed by atoms with van der Waals surface area (Å²) in [6, 6.07) is 13.3. The summed E-state index contributed by atoms with van der Waals surface area (Å²) < 4.78 is 12.3. The molecule has 4 rings (SSSR count). The van der Waals surface area contributed by atoms with E-state index in [-0.39, 0.29) is 5.91 Å². The lowest BCUT2D eigenvalue weighted by Gasteiger charge is -2.08. The van der Waals surface area contributed by atoms with Crippen molar-refractivity contribution in [1.82, 2.24) is 20.0 Å². The Hall–Kier alpha value is -3.46. The van der Waals surface area contributed by atoms with Crippen molar-refractivity contribution >= 4 is 33.3 Å². The molecule has 0 aliphatic heterocycles. The molecule has 0 saturated carbocycles. The molecule has 2 heterocycles. The predicted octanol–water partition coefficient (Wildman–Crippen LogP) is 3.29. The van der Waals surface area contributed by atoms with Gasteiger partial charge in [0.25, 0.3) is 5.91 Å². The molecule has 0 atom stereocenters. The largest absolute Gasteiger partial charge is 0.493 e. The van der Waals surface area contributed by atoms with Gasteiger partial charge in [0.2, 0.25) is 5.13 Å². The lowest BCUT2D eigenvalue weighted by molar-refractivity contribution is 0.102. The summed E-state index contributed by atoms with van der Waals surface area (Å²) in [5, 5.41) is 17.4.